The Morgan fingerprint density at radius 2 is 1.88 bits per heavy atom. The number of ether oxygens (including phenoxy) is 3. The Morgan fingerprint density at radius 1 is 1.28 bits per heavy atom. The summed E-state index contributed by atoms with van der Waals surface area (Å²) in [7, 11) is 0. The zero-order valence-corrected chi connectivity index (χ0v) is 14.4. The molecule has 1 aliphatic rings. The summed E-state index contributed by atoms with van der Waals surface area (Å²) in [4.78, 5) is 23.0. The molecule has 1 heterocycles. The standard InChI is InChI=1S/C15H26O10/c1-7(17)13-11(20)5-15(22,25-12(13)4-10(19)6-16)14(21)24-9(3)23-8(2)18/h7,9-13,16-17,19-20,22H,4-6H2,1-3H3/t7-,9?,10+,11?,12?,13?,15?/m1/s1. The van der Waals surface area contributed by atoms with E-state index >= 15 is 0 Å². The molecule has 1 aliphatic heterocycles. The second-order valence-electron chi connectivity index (χ2n) is 6.18. The van der Waals surface area contributed by atoms with Crippen LogP contribution >= 0.6 is 0 Å². The largest absolute Gasteiger partial charge is 0.426 e. The van der Waals surface area contributed by atoms with Gasteiger partial charge in [-0.3, -0.25) is 4.79 Å². The van der Waals surface area contributed by atoms with Gasteiger partial charge in [-0.15, -0.1) is 0 Å². The molecule has 5 unspecified atom stereocenters. The second kappa shape index (κ2) is 8.88. The third kappa shape index (κ3) is 5.87. The number of rotatable bonds is 7. The molecule has 7 atom stereocenters. The van der Waals surface area contributed by atoms with Crippen molar-refractivity contribution in [2.24, 2.45) is 5.92 Å². The molecule has 0 saturated carbocycles. The number of carbonyl (C=O) groups excluding carboxylic acids is 2. The Bertz CT molecular complexity index is 467. The first-order valence-electron chi connectivity index (χ1n) is 7.93. The van der Waals surface area contributed by atoms with Gasteiger partial charge in [0.1, 0.15) is 0 Å². The number of hydrogen-bond acceptors (Lipinski definition) is 10. The number of hydrogen-bond donors (Lipinski definition) is 5. The molecule has 0 radical (unpaired) electrons. The predicted octanol–water partition coefficient (Wildman–Crippen LogP) is -1.98. The minimum absolute atomic E-state index is 0.238. The lowest BCUT2D eigenvalue weighted by molar-refractivity contribution is -0.303. The molecule has 25 heavy (non-hydrogen) atoms. The highest BCUT2D eigenvalue weighted by Crippen LogP contribution is 2.36. The summed E-state index contributed by atoms with van der Waals surface area (Å²) in [5, 5.41) is 49.0. The van der Waals surface area contributed by atoms with E-state index in [2.05, 4.69) is 4.74 Å². The topological polar surface area (TPSA) is 163 Å². The second-order valence-corrected chi connectivity index (χ2v) is 6.18. The van der Waals surface area contributed by atoms with Crippen LogP contribution in [0.4, 0.5) is 0 Å². The van der Waals surface area contributed by atoms with Crippen molar-refractivity contribution in [3.63, 3.8) is 0 Å². The third-order valence-corrected chi connectivity index (χ3v) is 3.90. The van der Waals surface area contributed by atoms with Crippen LogP contribution in [0.15, 0.2) is 0 Å². The van der Waals surface area contributed by atoms with Crippen molar-refractivity contribution in [2.75, 3.05) is 6.61 Å². The molecule has 146 valence electrons. The summed E-state index contributed by atoms with van der Waals surface area (Å²) < 4.78 is 14.7. The zero-order valence-electron chi connectivity index (χ0n) is 14.4. The van der Waals surface area contributed by atoms with E-state index in [-0.39, 0.29) is 6.42 Å². The summed E-state index contributed by atoms with van der Waals surface area (Å²) in [6, 6.07) is 0. The van der Waals surface area contributed by atoms with E-state index in [1.54, 1.807) is 0 Å². The molecule has 1 fully saturated rings. The fourth-order valence-electron chi connectivity index (χ4n) is 2.86. The molecular formula is C15H26O10. The highest BCUT2D eigenvalue weighted by atomic mass is 16.7. The van der Waals surface area contributed by atoms with Gasteiger partial charge in [0.05, 0.1) is 31.0 Å². The molecule has 0 aromatic heterocycles. The summed E-state index contributed by atoms with van der Waals surface area (Å²) in [5.74, 6) is -5.44. The Labute approximate surface area is 144 Å². The summed E-state index contributed by atoms with van der Waals surface area (Å²) in [5.41, 5.74) is 0. The van der Waals surface area contributed by atoms with E-state index in [0.717, 1.165) is 6.92 Å². The average molecular weight is 366 g/mol. The molecule has 10 heteroatoms. The van der Waals surface area contributed by atoms with Gasteiger partial charge in [0, 0.05) is 32.6 Å². The summed E-state index contributed by atoms with van der Waals surface area (Å²) >= 11 is 0. The minimum atomic E-state index is -2.56. The quantitative estimate of drug-likeness (QED) is 0.252. The third-order valence-electron chi connectivity index (χ3n) is 3.90. The first-order valence-corrected chi connectivity index (χ1v) is 7.93. The monoisotopic (exact) mass is 366 g/mol. The van der Waals surface area contributed by atoms with E-state index in [9.17, 15) is 30.0 Å². The van der Waals surface area contributed by atoms with Gasteiger partial charge in [0.25, 0.3) is 5.79 Å². The van der Waals surface area contributed by atoms with E-state index < -0.39 is 67.4 Å². The van der Waals surface area contributed by atoms with Crippen LogP contribution in [0.1, 0.15) is 33.6 Å². The smallest absolute Gasteiger partial charge is 0.369 e. The molecule has 0 spiro atoms. The Balaban J connectivity index is 2.92. The van der Waals surface area contributed by atoms with Crippen molar-refractivity contribution in [1.29, 1.82) is 0 Å². The van der Waals surface area contributed by atoms with Crippen molar-refractivity contribution >= 4 is 11.9 Å². The summed E-state index contributed by atoms with van der Waals surface area (Å²) in [6.07, 6.45) is -6.88. The van der Waals surface area contributed by atoms with Crippen LogP contribution in [0.5, 0.6) is 0 Å². The maximum atomic E-state index is 12.2. The van der Waals surface area contributed by atoms with Gasteiger partial charge in [0.2, 0.25) is 6.29 Å². The number of carbonyl (C=O) groups is 2. The van der Waals surface area contributed by atoms with Gasteiger partial charge in [-0.05, 0) is 6.92 Å². The lowest BCUT2D eigenvalue weighted by Gasteiger charge is -2.44. The van der Waals surface area contributed by atoms with Crippen LogP contribution in [0.25, 0.3) is 0 Å². The predicted molar refractivity (Wildman–Crippen MR) is 80.6 cm³/mol. The Hall–Kier alpha value is -1.30. The molecular weight excluding hydrogens is 340 g/mol. The highest BCUT2D eigenvalue weighted by Gasteiger charge is 2.53. The van der Waals surface area contributed by atoms with Gasteiger partial charge in [0.15, 0.2) is 0 Å². The Morgan fingerprint density at radius 3 is 2.36 bits per heavy atom. The van der Waals surface area contributed by atoms with Crippen LogP contribution in [-0.4, -0.2) is 80.6 Å². The van der Waals surface area contributed by atoms with Crippen molar-refractivity contribution in [1.82, 2.24) is 0 Å². The van der Waals surface area contributed by atoms with Crippen LogP contribution in [0.3, 0.4) is 0 Å². The van der Waals surface area contributed by atoms with Crippen LogP contribution in [0.2, 0.25) is 0 Å². The van der Waals surface area contributed by atoms with Gasteiger partial charge in [-0.2, -0.15) is 0 Å². The molecule has 1 saturated heterocycles. The molecule has 10 nitrogen and oxygen atoms in total. The van der Waals surface area contributed by atoms with Crippen molar-refractivity contribution in [3.05, 3.63) is 0 Å². The first kappa shape index (κ1) is 21.7. The van der Waals surface area contributed by atoms with E-state index in [1.807, 2.05) is 0 Å². The maximum absolute atomic E-state index is 12.2. The average Bonchev–Trinajstić information content (AvgIpc) is 2.44. The molecule has 0 bridgehead atoms. The van der Waals surface area contributed by atoms with Gasteiger partial charge < -0.3 is 39.7 Å². The maximum Gasteiger partial charge on any atom is 0.369 e. The Kier molecular flexibility index (Phi) is 7.72. The van der Waals surface area contributed by atoms with Gasteiger partial charge >= 0.3 is 11.9 Å². The van der Waals surface area contributed by atoms with E-state index in [4.69, 9.17) is 14.6 Å². The van der Waals surface area contributed by atoms with Crippen LogP contribution < -0.4 is 0 Å². The molecule has 5 N–H and O–H groups in total. The first-order chi connectivity index (χ1) is 11.5. The number of aliphatic hydroxyl groups is 5. The molecule has 0 aromatic carbocycles. The number of aliphatic hydroxyl groups excluding tert-OH is 4. The lowest BCUT2D eigenvalue weighted by atomic mass is 9.81. The van der Waals surface area contributed by atoms with Gasteiger partial charge in [-0.25, -0.2) is 4.79 Å². The molecule has 0 aliphatic carbocycles. The minimum Gasteiger partial charge on any atom is -0.426 e. The van der Waals surface area contributed by atoms with Crippen molar-refractivity contribution in [2.45, 2.75) is 70.1 Å². The van der Waals surface area contributed by atoms with Crippen LogP contribution in [0, 0.1) is 5.92 Å². The zero-order chi connectivity index (χ0) is 19.4. The fourth-order valence-corrected chi connectivity index (χ4v) is 2.86. The molecule has 0 aromatic rings. The van der Waals surface area contributed by atoms with Crippen molar-refractivity contribution < 1.29 is 49.3 Å². The van der Waals surface area contributed by atoms with E-state index in [1.165, 1.54) is 13.8 Å². The molecule has 1 rings (SSSR count). The highest BCUT2D eigenvalue weighted by molar-refractivity contribution is 5.78. The SMILES string of the molecule is CC(=O)OC(C)OC(=O)C1(O)CC(O)C([C@@H](C)O)C(C[C@H](O)CO)O1. The number of esters is 2. The molecule has 0 amide bonds. The lowest BCUT2D eigenvalue weighted by Crippen LogP contribution is -2.59. The summed E-state index contributed by atoms with van der Waals surface area (Å²) in [6.45, 7) is 3.16. The van der Waals surface area contributed by atoms with E-state index in [0.29, 0.717) is 0 Å². The van der Waals surface area contributed by atoms with Crippen LogP contribution in [-0.2, 0) is 23.8 Å². The van der Waals surface area contributed by atoms with Crippen molar-refractivity contribution in [3.8, 4) is 0 Å². The fraction of sp³-hybridized carbons (Fsp3) is 0.867. The van der Waals surface area contributed by atoms with Gasteiger partial charge in [-0.1, -0.05) is 0 Å². The normalized spacial score (nSPS) is 33.2.